The Morgan fingerprint density at radius 3 is 3.00 bits per heavy atom. The molecule has 0 aliphatic heterocycles. The number of carbonyl (C=O) groups is 1. The molecule has 0 radical (unpaired) electrons. The minimum Gasteiger partial charge on any atom is -0.323 e. The van der Waals surface area contributed by atoms with Crippen LogP contribution < -0.4 is 5.32 Å². The molecule has 0 aromatic carbocycles. The maximum atomic E-state index is 12.0. The van der Waals surface area contributed by atoms with Crippen LogP contribution in [0.5, 0.6) is 0 Å². The van der Waals surface area contributed by atoms with Crippen molar-refractivity contribution in [3.63, 3.8) is 0 Å². The topological polar surface area (TPSA) is 64.2 Å². The van der Waals surface area contributed by atoms with Crippen LogP contribution in [0.1, 0.15) is 32.4 Å². The number of anilines is 1. The normalized spacial score (nSPS) is 12.4. The van der Waals surface area contributed by atoms with Gasteiger partial charge in [-0.2, -0.15) is 5.10 Å². The van der Waals surface area contributed by atoms with E-state index in [1.54, 1.807) is 10.9 Å². The Hall–Kier alpha value is -2.63. The average Bonchev–Trinajstić information content (AvgIpc) is 3.13. The second-order valence-electron chi connectivity index (χ2n) is 5.80. The minimum absolute atomic E-state index is 0.0155. The van der Waals surface area contributed by atoms with Crippen LogP contribution in [0.15, 0.2) is 43.0 Å². The van der Waals surface area contributed by atoms with Crippen LogP contribution in [0.4, 0.5) is 5.69 Å². The van der Waals surface area contributed by atoms with Crippen LogP contribution in [0, 0.1) is 5.92 Å². The lowest BCUT2D eigenvalue weighted by molar-refractivity contribution is -0.119. The summed E-state index contributed by atoms with van der Waals surface area (Å²) in [5.74, 6) is 0.0564. The number of aromatic nitrogens is 4. The molecule has 3 heterocycles. The minimum atomic E-state index is 0.0155. The van der Waals surface area contributed by atoms with E-state index in [1.807, 2.05) is 48.1 Å². The van der Waals surface area contributed by atoms with Crippen molar-refractivity contribution in [1.82, 2.24) is 19.2 Å². The molecule has 0 unspecified atom stereocenters. The largest absolute Gasteiger partial charge is 0.323 e. The van der Waals surface area contributed by atoms with Crippen molar-refractivity contribution in [3.05, 3.63) is 48.7 Å². The molecule has 120 valence electrons. The summed E-state index contributed by atoms with van der Waals surface area (Å²) in [6.07, 6.45) is 9.35. The third-order valence-corrected chi connectivity index (χ3v) is 3.81. The van der Waals surface area contributed by atoms with Gasteiger partial charge in [-0.25, -0.2) is 4.98 Å². The smallest absolute Gasteiger partial charge is 0.227 e. The molecule has 3 rings (SSSR count). The Morgan fingerprint density at radius 1 is 1.35 bits per heavy atom. The van der Waals surface area contributed by atoms with E-state index in [2.05, 4.69) is 22.3 Å². The van der Waals surface area contributed by atoms with Gasteiger partial charge in [0.05, 0.1) is 24.1 Å². The Balaban J connectivity index is 1.66. The van der Waals surface area contributed by atoms with Crippen LogP contribution >= 0.6 is 0 Å². The van der Waals surface area contributed by atoms with Gasteiger partial charge in [-0.3, -0.25) is 9.48 Å². The lowest BCUT2D eigenvalue weighted by Gasteiger charge is -2.09. The van der Waals surface area contributed by atoms with Crippen LogP contribution in [0.2, 0.25) is 0 Å². The number of nitrogens with zero attached hydrogens (tertiary/aromatic N) is 4. The first-order valence-corrected chi connectivity index (χ1v) is 7.91. The molecule has 0 bridgehead atoms. The van der Waals surface area contributed by atoms with E-state index in [0.717, 1.165) is 29.9 Å². The highest BCUT2D eigenvalue weighted by molar-refractivity contribution is 5.91. The summed E-state index contributed by atoms with van der Waals surface area (Å²) < 4.78 is 3.76. The summed E-state index contributed by atoms with van der Waals surface area (Å²) in [4.78, 5) is 16.6. The van der Waals surface area contributed by atoms with Gasteiger partial charge in [0, 0.05) is 24.5 Å². The van der Waals surface area contributed by atoms with Gasteiger partial charge in [-0.15, -0.1) is 0 Å². The number of imidazole rings is 1. The van der Waals surface area contributed by atoms with Crippen LogP contribution in [-0.2, 0) is 11.3 Å². The third-order valence-electron chi connectivity index (χ3n) is 3.81. The third kappa shape index (κ3) is 3.59. The van der Waals surface area contributed by atoms with Crippen molar-refractivity contribution in [2.24, 2.45) is 5.92 Å². The van der Waals surface area contributed by atoms with E-state index in [4.69, 9.17) is 0 Å². The fourth-order valence-corrected chi connectivity index (χ4v) is 2.57. The van der Waals surface area contributed by atoms with Crippen LogP contribution in [0.25, 0.3) is 5.65 Å². The number of amides is 1. The summed E-state index contributed by atoms with van der Waals surface area (Å²) in [5.41, 5.74) is 2.56. The maximum Gasteiger partial charge on any atom is 0.227 e. The average molecular weight is 311 g/mol. The first-order chi connectivity index (χ1) is 11.2. The summed E-state index contributed by atoms with van der Waals surface area (Å²) in [5, 5.41) is 7.20. The summed E-state index contributed by atoms with van der Waals surface area (Å²) in [7, 11) is 0. The zero-order chi connectivity index (χ0) is 16.2. The van der Waals surface area contributed by atoms with E-state index in [1.165, 1.54) is 0 Å². The van der Waals surface area contributed by atoms with Crippen molar-refractivity contribution in [3.8, 4) is 0 Å². The monoisotopic (exact) mass is 311 g/mol. The van der Waals surface area contributed by atoms with Crippen molar-refractivity contribution in [2.45, 2.75) is 33.2 Å². The Kier molecular flexibility index (Phi) is 4.41. The van der Waals surface area contributed by atoms with E-state index in [-0.39, 0.29) is 11.8 Å². The molecule has 0 aliphatic carbocycles. The van der Waals surface area contributed by atoms with Gasteiger partial charge >= 0.3 is 0 Å². The van der Waals surface area contributed by atoms with Crippen molar-refractivity contribution in [1.29, 1.82) is 0 Å². The second kappa shape index (κ2) is 6.64. The molecule has 23 heavy (non-hydrogen) atoms. The number of nitrogens with one attached hydrogen (secondary N) is 1. The molecule has 1 atom stereocenters. The number of carbonyl (C=O) groups excluding carboxylic acids is 1. The van der Waals surface area contributed by atoms with E-state index >= 15 is 0 Å². The van der Waals surface area contributed by atoms with E-state index in [0.29, 0.717) is 6.54 Å². The predicted octanol–water partition coefficient (Wildman–Crippen LogP) is 2.95. The van der Waals surface area contributed by atoms with Crippen molar-refractivity contribution >= 4 is 17.2 Å². The lowest BCUT2D eigenvalue weighted by atomic mass is 10.1. The SMILES string of the molecule is CCC[C@@H](C)C(=O)Nc1cnn(Cc2cn3ccccc3n2)c1. The van der Waals surface area contributed by atoms with E-state index < -0.39 is 0 Å². The molecule has 1 amide bonds. The van der Waals surface area contributed by atoms with Gasteiger partial charge in [0.2, 0.25) is 5.91 Å². The second-order valence-corrected chi connectivity index (χ2v) is 5.80. The van der Waals surface area contributed by atoms with E-state index in [9.17, 15) is 4.79 Å². The fraction of sp³-hybridized carbons (Fsp3) is 0.353. The van der Waals surface area contributed by atoms with Crippen LogP contribution in [-0.4, -0.2) is 25.1 Å². The van der Waals surface area contributed by atoms with Crippen LogP contribution in [0.3, 0.4) is 0 Å². The number of fused-ring (bicyclic) bond motifs is 1. The van der Waals surface area contributed by atoms with Gasteiger partial charge < -0.3 is 9.72 Å². The lowest BCUT2D eigenvalue weighted by Crippen LogP contribution is -2.19. The number of pyridine rings is 1. The number of hydrogen-bond donors (Lipinski definition) is 1. The highest BCUT2D eigenvalue weighted by Crippen LogP contribution is 2.12. The molecule has 6 heteroatoms. The first kappa shape index (κ1) is 15.3. The van der Waals surface area contributed by atoms with Crippen molar-refractivity contribution < 1.29 is 4.79 Å². The summed E-state index contributed by atoms with van der Waals surface area (Å²) >= 11 is 0. The molecule has 0 aliphatic rings. The molecule has 0 spiro atoms. The molecule has 3 aromatic heterocycles. The molecule has 0 saturated heterocycles. The Morgan fingerprint density at radius 2 is 2.22 bits per heavy atom. The van der Waals surface area contributed by atoms with Gasteiger partial charge in [0.15, 0.2) is 0 Å². The Labute approximate surface area is 135 Å². The molecular weight excluding hydrogens is 290 g/mol. The number of rotatable bonds is 6. The molecule has 0 saturated carbocycles. The summed E-state index contributed by atoms with van der Waals surface area (Å²) in [6, 6.07) is 5.90. The maximum absolute atomic E-state index is 12.0. The Bertz CT molecular complexity index is 771. The quantitative estimate of drug-likeness (QED) is 0.761. The zero-order valence-corrected chi connectivity index (χ0v) is 13.4. The molecule has 6 nitrogen and oxygen atoms in total. The standard InChI is InChI=1S/C17H21N5O/c1-3-6-13(2)17(23)20-14-9-18-22(11-14)12-15-10-21-8-5-4-7-16(21)19-15/h4-5,7-11,13H,3,6,12H2,1-2H3,(H,20,23)/t13-/m1/s1. The first-order valence-electron chi connectivity index (χ1n) is 7.91. The molecule has 3 aromatic rings. The van der Waals surface area contributed by atoms with Gasteiger partial charge in [0.25, 0.3) is 0 Å². The summed E-state index contributed by atoms with van der Waals surface area (Å²) in [6.45, 7) is 4.60. The van der Waals surface area contributed by atoms with Gasteiger partial charge in [-0.05, 0) is 18.6 Å². The molecule has 0 fully saturated rings. The highest BCUT2D eigenvalue weighted by atomic mass is 16.1. The predicted molar refractivity (Wildman–Crippen MR) is 89.2 cm³/mol. The highest BCUT2D eigenvalue weighted by Gasteiger charge is 2.13. The van der Waals surface area contributed by atoms with Gasteiger partial charge in [-0.1, -0.05) is 26.3 Å². The number of hydrogen-bond acceptors (Lipinski definition) is 3. The molecule has 1 N–H and O–H groups in total. The zero-order valence-electron chi connectivity index (χ0n) is 13.4. The fourth-order valence-electron chi connectivity index (χ4n) is 2.57. The molecular formula is C17H21N5O. The van der Waals surface area contributed by atoms with Gasteiger partial charge in [0.1, 0.15) is 5.65 Å². The van der Waals surface area contributed by atoms with Crippen molar-refractivity contribution in [2.75, 3.05) is 5.32 Å².